The van der Waals surface area contributed by atoms with Gasteiger partial charge in [0.05, 0.1) is 0 Å². The molecule has 0 atom stereocenters. The van der Waals surface area contributed by atoms with Gasteiger partial charge >= 0.3 is 0 Å². The molecule has 0 aromatic heterocycles. The lowest BCUT2D eigenvalue weighted by Gasteiger charge is -2.26. The number of hydrogen-bond donors (Lipinski definition) is 2. The molecule has 88 valence electrons. The average Bonchev–Trinajstić information content (AvgIpc) is 3.01. The number of hydrogen-bond acceptors (Lipinski definition) is 2. The van der Waals surface area contributed by atoms with E-state index < -0.39 is 0 Å². The molecule has 15 heavy (non-hydrogen) atoms. The van der Waals surface area contributed by atoms with Crippen LogP contribution < -0.4 is 10.6 Å². The largest absolute Gasteiger partial charge is 0.315 e. The van der Waals surface area contributed by atoms with Crippen molar-refractivity contribution < 1.29 is 0 Å². The standard InChI is InChI=1S/C13H26N2/c1-13(2,14-3)9-15-8-12(10-4-5-10)11-6-7-11/h10-12,14-15H,4-9H2,1-3H3. The molecule has 0 saturated heterocycles. The number of nitrogens with one attached hydrogen (secondary N) is 2. The van der Waals surface area contributed by atoms with Crippen LogP contribution in [0.4, 0.5) is 0 Å². The van der Waals surface area contributed by atoms with Gasteiger partial charge in [-0.25, -0.2) is 0 Å². The van der Waals surface area contributed by atoms with Crippen LogP contribution in [0.25, 0.3) is 0 Å². The molecule has 0 heterocycles. The van der Waals surface area contributed by atoms with Gasteiger partial charge in [-0.15, -0.1) is 0 Å². The summed E-state index contributed by atoms with van der Waals surface area (Å²) in [6, 6.07) is 0. The monoisotopic (exact) mass is 210 g/mol. The summed E-state index contributed by atoms with van der Waals surface area (Å²) in [5.74, 6) is 3.14. The van der Waals surface area contributed by atoms with Crippen LogP contribution in [-0.4, -0.2) is 25.7 Å². The summed E-state index contributed by atoms with van der Waals surface area (Å²) in [5.41, 5.74) is 0.234. The Hall–Kier alpha value is -0.0800. The van der Waals surface area contributed by atoms with E-state index in [9.17, 15) is 0 Å². The minimum atomic E-state index is 0.234. The fourth-order valence-electron chi connectivity index (χ4n) is 2.41. The molecule has 0 aliphatic heterocycles. The molecule has 2 N–H and O–H groups in total. The van der Waals surface area contributed by atoms with Gasteiger partial charge < -0.3 is 10.6 Å². The van der Waals surface area contributed by atoms with Crippen LogP contribution in [0.1, 0.15) is 39.5 Å². The Bertz CT molecular complexity index is 193. The molecule has 0 amide bonds. The van der Waals surface area contributed by atoms with Crippen LogP contribution in [0.3, 0.4) is 0 Å². The molecule has 2 aliphatic carbocycles. The molecule has 0 bridgehead atoms. The fourth-order valence-corrected chi connectivity index (χ4v) is 2.41. The second-order valence-corrected chi connectivity index (χ2v) is 6.10. The molecule has 0 radical (unpaired) electrons. The van der Waals surface area contributed by atoms with E-state index in [1.807, 2.05) is 7.05 Å². The maximum atomic E-state index is 3.66. The van der Waals surface area contributed by atoms with Crippen molar-refractivity contribution in [3.8, 4) is 0 Å². The van der Waals surface area contributed by atoms with E-state index in [4.69, 9.17) is 0 Å². The first kappa shape index (κ1) is 11.4. The van der Waals surface area contributed by atoms with Crippen molar-refractivity contribution in [1.29, 1.82) is 0 Å². The lowest BCUT2D eigenvalue weighted by molar-refractivity contribution is 0.336. The minimum absolute atomic E-state index is 0.234. The second-order valence-electron chi connectivity index (χ2n) is 6.10. The van der Waals surface area contributed by atoms with Crippen molar-refractivity contribution in [2.75, 3.05) is 20.1 Å². The average molecular weight is 210 g/mol. The van der Waals surface area contributed by atoms with E-state index in [0.717, 1.165) is 24.3 Å². The molecule has 2 aliphatic rings. The molecule has 2 fully saturated rings. The quantitative estimate of drug-likeness (QED) is 0.672. The lowest BCUT2D eigenvalue weighted by Crippen LogP contribution is -2.46. The van der Waals surface area contributed by atoms with Gasteiger partial charge in [-0.05, 0) is 70.9 Å². The highest BCUT2D eigenvalue weighted by Crippen LogP contribution is 2.48. The highest BCUT2D eigenvalue weighted by molar-refractivity contribution is 4.93. The van der Waals surface area contributed by atoms with Crippen LogP contribution in [0.2, 0.25) is 0 Å². The first-order valence-electron chi connectivity index (χ1n) is 6.52. The molecular weight excluding hydrogens is 184 g/mol. The second kappa shape index (κ2) is 4.42. The van der Waals surface area contributed by atoms with Crippen LogP contribution in [0.5, 0.6) is 0 Å². The zero-order valence-electron chi connectivity index (χ0n) is 10.5. The van der Waals surface area contributed by atoms with Gasteiger partial charge in [-0.2, -0.15) is 0 Å². The van der Waals surface area contributed by atoms with Crippen LogP contribution in [-0.2, 0) is 0 Å². The normalized spacial score (nSPS) is 22.4. The van der Waals surface area contributed by atoms with Crippen LogP contribution >= 0.6 is 0 Å². The van der Waals surface area contributed by atoms with Crippen LogP contribution in [0, 0.1) is 17.8 Å². The first-order valence-corrected chi connectivity index (χ1v) is 6.52. The van der Waals surface area contributed by atoms with Gasteiger partial charge in [0, 0.05) is 12.1 Å². The molecule has 0 aromatic rings. The van der Waals surface area contributed by atoms with E-state index in [0.29, 0.717) is 0 Å². The van der Waals surface area contributed by atoms with Crippen molar-refractivity contribution in [1.82, 2.24) is 10.6 Å². The predicted molar refractivity (Wildman–Crippen MR) is 64.9 cm³/mol. The summed E-state index contributed by atoms with van der Waals surface area (Å²) in [6.45, 7) is 6.84. The predicted octanol–water partition coefficient (Wildman–Crippen LogP) is 2.01. The smallest absolute Gasteiger partial charge is 0.0246 e. The Labute approximate surface area is 94.2 Å². The molecule has 2 heteroatoms. The zero-order chi connectivity index (χ0) is 10.9. The van der Waals surface area contributed by atoms with E-state index in [2.05, 4.69) is 24.5 Å². The third-order valence-corrected chi connectivity index (χ3v) is 4.08. The summed E-state index contributed by atoms with van der Waals surface area (Å²) in [5, 5.41) is 7.00. The van der Waals surface area contributed by atoms with Gasteiger partial charge in [0.25, 0.3) is 0 Å². The molecule has 2 saturated carbocycles. The molecule has 0 unspecified atom stereocenters. The highest BCUT2D eigenvalue weighted by atomic mass is 15.0. The Morgan fingerprint density at radius 2 is 1.67 bits per heavy atom. The fraction of sp³-hybridized carbons (Fsp3) is 1.00. The summed E-state index contributed by atoms with van der Waals surface area (Å²) in [6.07, 6.45) is 5.99. The lowest BCUT2D eigenvalue weighted by atomic mass is 9.97. The molecule has 0 aromatic carbocycles. The van der Waals surface area contributed by atoms with Gasteiger partial charge in [0.1, 0.15) is 0 Å². The maximum absolute atomic E-state index is 3.66. The van der Waals surface area contributed by atoms with Crippen molar-refractivity contribution in [3.63, 3.8) is 0 Å². The molecular formula is C13H26N2. The van der Waals surface area contributed by atoms with Gasteiger partial charge in [-0.3, -0.25) is 0 Å². The van der Waals surface area contributed by atoms with E-state index in [1.54, 1.807) is 0 Å². The zero-order valence-corrected chi connectivity index (χ0v) is 10.5. The molecule has 0 spiro atoms. The van der Waals surface area contributed by atoms with Gasteiger partial charge in [0.2, 0.25) is 0 Å². The highest BCUT2D eigenvalue weighted by Gasteiger charge is 2.40. The molecule has 2 rings (SSSR count). The summed E-state index contributed by atoms with van der Waals surface area (Å²) < 4.78 is 0. The Morgan fingerprint density at radius 3 is 2.07 bits per heavy atom. The van der Waals surface area contributed by atoms with Crippen LogP contribution in [0.15, 0.2) is 0 Å². The van der Waals surface area contributed by atoms with Crippen molar-refractivity contribution in [2.45, 2.75) is 45.1 Å². The van der Waals surface area contributed by atoms with Gasteiger partial charge in [0.15, 0.2) is 0 Å². The summed E-state index contributed by atoms with van der Waals surface area (Å²) in [7, 11) is 2.04. The van der Waals surface area contributed by atoms with Crippen molar-refractivity contribution in [3.05, 3.63) is 0 Å². The van der Waals surface area contributed by atoms with Crippen molar-refractivity contribution in [2.24, 2.45) is 17.8 Å². The Kier molecular flexibility index (Phi) is 3.36. The van der Waals surface area contributed by atoms with E-state index >= 15 is 0 Å². The van der Waals surface area contributed by atoms with E-state index in [1.165, 1.54) is 32.2 Å². The SMILES string of the molecule is CNC(C)(C)CNCC(C1CC1)C1CC1. The Morgan fingerprint density at radius 1 is 1.13 bits per heavy atom. The molecule has 2 nitrogen and oxygen atoms in total. The number of rotatable bonds is 7. The third kappa shape index (κ3) is 3.46. The Balaban J connectivity index is 1.67. The van der Waals surface area contributed by atoms with Gasteiger partial charge in [-0.1, -0.05) is 0 Å². The topological polar surface area (TPSA) is 24.1 Å². The first-order chi connectivity index (χ1) is 7.12. The summed E-state index contributed by atoms with van der Waals surface area (Å²) >= 11 is 0. The maximum Gasteiger partial charge on any atom is 0.0246 e. The van der Waals surface area contributed by atoms with Crippen molar-refractivity contribution >= 4 is 0 Å². The minimum Gasteiger partial charge on any atom is -0.315 e. The number of likely N-dealkylation sites (N-methyl/N-ethyl adjacent to an activating group) is 1. The van der Waals surface area contributed by atoms with E-state index in [-0.39, 0.29) is 5.54 Å². The third-order valence-electron chi connectivity index (χ3n) is 4.08. The summed E-state index contributed by atoms with van der Waals surface area (Å²) in [4.78, 5) is 0.